The first-order valence-corrected chi connectivity index (χ1v) is 7.44. The summed E-state index contributed by atoms with van der Waals surface area (Å²) in [6.45, 7) is 0. The van der Waals surface area contributed by atoms with E-state index < -0.39 is 11.7 Å². The van der Waals surface area contributed by atoms with Crippen LogP contribution in [0.1, 0.15) is 22.6 Å². The Hall–Kier alpha value is -3.36. The first-order chi connectivity index (χ1) is 12.4. The van der Waals surface area contributed by atoms with Crippen molar-refractivity contribution in [3.63, 3.8) is 0 Å². The highest BCUT2D eigenvalue weighted by atomic mass is 19.4. The van der Waals surface area contributed by atoms with Crippen LogP contribution in [0, 0.1) is 0 Å². The molecule has 3 aromatic rings. The number of nitrogens with zero attached hydrogens (tertiary/aromatic N) is 3. The highest BCUT2D eigenvalue weighted by molar-refractivity contribution is 5.92. The lowest BCUT2D eigenvalue weighted by Gasteiger charge is -2.09. The van der Waals surface area contributed by atoms with E-state index in [9.17, 15) is 13.2 Å². The molecule has 26 heavy (non-hydrogen) atoms. The zero-order chi connectivity index (χ0) is 18.7. The summed E-state index contributed by atoms with van der Waals surface area (Å²) in [5.41, 5.74) is 6.79. The first kappa shape index (κ1) is 17.5. The van der Waals surface area contributed by atoms with Crippen molar-refractivity contribution >= 4 is 5.84 Å². The zero-order valence-electron chi connectivity index (χ0n) is 13.2. The zero-order valence-corrected chi connectivity index (χ0v) is 13.2. The van der Waals surface area contributed by atoms with Gasteiger partial charge in [-0.2, -0.15) is 13.2 Å². The van der Waals surface area contributed by atoms with E-state index in [-0.39, 0.29) is 17.6 Å². The van der Waals surface area contributed by atoms with Gasteiger partial charge in [0.1, 0.15) is 0 Å². The summed E-state index contributed by atoms with van der Waals surface area (Å²) in [6.07, 6.45) is -4.00. The summed E-state index contributed by atoms with van der Waals surface area (Å²) >= 11 is 0. The Morgan fingerprint density at radius 2 is 1.77 bits per heavy atom. The van der Waals surface area contributed by atoms with Crippen LogP contribution in [0.2, 0.25) is 0 Å². The van der Waals surface area contributed by atoms with Crippen LogP contribution in [0.15, 0.2) is 58.1 Å². The second-order valence-electron chi connectivity index (χ2n) is 5.43. The molecule has 0 aliphatic rings. The van der Waals surface area contributed by atoms with Crippen molar-refractivity contribution < 1.29 is 22.8 Å². The van der Waals surface area contributed by atoms with Crippen LogP contribution < -0.4 is 5.73 Å². The number of hydrogen-bond acceptors (Lipinski definition) is 5. The third-order valence-electron chi connectivity index (χ3n) is 3.68. The average Bonchev–Trinajstić information content (AvgIpc) is 3.11. The van der Waals surface area contributed by atoms with Gasteiger partial charge in [-0.15, -0.1) is 10.2 Å². The van der Waals surface area contributed by atoms with Crippen LogP contribution >= 0.6 is 0 Å². The molecule has 0 aliphatic heterocycles. The molecule has 0 saturated carbocycles. The molecule has 0 amide bonds. The summed E-state index contributed by atoms with van der Waals surface area (Å²) in [7, 11) is 0. The van der Waals surface area contributed by atoms with Crippen LogP contribution in [0.4, 0.5) is 13.2 Å². The second kappa shape index (κ2) is 6.87. The van der Waals surface area contributed by atoms with Gasteiger partial charge in [-0.25, -0.2) is 0 Å². The molecule has 9 heteroatoms. The van der Waals surface area contributed by atoms with Crippen molar-refractivity contribution in [3.8, 4) is 11.5 Å². The fraction of sp³-hybridized carbons (Fsp3) is 0.118. The fourth-order valence-electron chi connectivity index (χ4n) is 2.39. The smallest absolute Gasteiger partial charge is 0.413 e. The summed E-state index contributed by atoms with van der Waals surface area (Å²) in [6, 6.07) is 12.0. The van der Waals surface area contributed by atoms with Crippen LogP contribution in [0.3, 0.4) is 0 Å². The minimum Gasteiger partial charge on any atom is -0.413 e. The number of hydrogen-bond donors (Lipinski definition) is 2. The number of halogens is 3. The molecule has 6 nitrogen and oxygen atoms in total. The van der Waals surface area contributed by atoms with E-state index in [0.29, 0.717) is 17.5 Å². The molecule has 2 aromatic carbocycles. The lowest BCUT2D eigenvalue weighted by Crippen LogP contribution is -2.13. The molecule has 1 heterocycles. The third-order valence-corrected chi connectivity index (χ3v) is 3.68. The SMILES string of the molecule is N/C(=N/O)c1nnc(-c2ccccc2Cc2ccc(C(F)(F)F)cc2)o1. The molecule has 0 unspecified atom stereocenters. The lowest BCUT2D eigenvalue weighted by atomic mass is 9.99. The van der Waals surface area contributed by atoms with E-state index in [1.54, 1.807) is 24.3 Å². The van der Waals surface area contributed by atoms with Crippen molar-refractivity contribution in [2.75, 3.05) is 0 Å². The van der Waals surface area contributed by atoms with Gasteiger partial charge in [0.05, 0.1) is 5.56 Å². The van der Waals surface area contributed by atoms with Crippen LogP contribution in [-0.2, 0) is 12.6 Å². The molecule has 3 N–H and O–H groups in total. The molecular formula is C17H13F3N4O2. The van der Waals surface area contributed by atoms with Gasteiger partial charge in [0.15, 0.2) is 0 Å². The molecule has 0 aliphatic carbocycles. The quantitative estimate of drug-likeness (QED) is 0.321. The van der Waals surface area contributed by atoms with Crippen LogP contribution in [-0.4, -0.2) is 21.2 Å². The maximum absolute atomic E-state index is 12.7. The number of aromatic nitrogens is 2. The van der Waals surface area contributed by atoms with Crippen molar-refractivity contribution in [3.05, 3.63) is 71.1 Å². The van der Waals surface area contributed by atoms with Gasteiger partial charge >= 0.3 is 6.18 Å². The van der Waals surface area contributed by atoms with E-state index >= 15 is 0 Å². The maximum Gasteiger partial charge on any atom is 0.416 e. The summed E-state index contributed by atoms with van der Waals surface area (Å²) in [5, 5.41) is 19.0. The predicted octanol–water partition coefficient (Wildman–Crippen LogP) is 3.44. The van der Waals surface area contributed by atoms with Crippen LogP contribution in [0.25, 0.3) is 11.5 Å². The topological polar surface area (TPSA) is 97.5 Å². The number of benzene rings is 2. The van der Waals surface area contributed by atoms with Gasteiger partial charge in [-0.3, -0.25) is 0 Å². The van der Waals surface area contributed by atoms with Gasteiger partial charge in [0, 0.05) is 5.56 Å². The van der Waals surface area contributed by atoms with Gasteiger partial charge in [-0.05, 0) is 35.7 Å². The maximum atomic E-state index is 12.7. The molecular weight excluding hydrogens is 349 g/mol. The predicted molar refractivity (Wildman–Crippen MR) is 86.5 cm³/mol. The fourth-order valence-corrected chi connectivity index (χ4v) is 2.39. The summed E-state index contributed by atoms with van der Waals surface area (Å²) < 4.78 is 43.4. The summed E-state index contributed by atoms with van der Waals surface area (Å²) in [5.74, 6) is -0.287. The van der Waals surface area contributed by atoms with Gasteiger partial charge in [0.2, 0.25) is 11.7 Å². The Bertz CT molecular complexity index is 934. The minimum absolute atomic E-state index is 0.133. The van der Waals surface area contributed by atoms with E-state index in [1.807, 2.05) is 0 Å². The van der Waals surface area contributed by atoms with Gasteiger partial charge < -0.3 is 15.4 Å². The number of oxime groups is 1. The molecule has 0 bridgehead atoms. The Balaban J connectivity index is 1.89. The second-order valence-corrected chi connectivity index (χ2v) is 5.43. The minimum atomic E-state index is -4.37. The number of amidine groups is 1. The van der Waals surface area contributed by atoms with E-state index in [1.165, 1.54) is 12.1 Å². The normalized spacial score (nSPS) is 12.3. The Labute approximate surface area is 145 Å². The lowest BCUT2D eigenvalue weighted by molar-refractivity contribution is -0.137. The van der Waals surface area contributed by atoms with Gasteiger partial charge in [0.25, 0.3) is 5.89 Å². The highest BCUT2D eigenvalue weighted by Gasteiger charge is 2.29. The van der Waals surface area contributed by atoms with E-state index in [0.717, 1.165) is 17.7 Å². The number of rotatable bonds is 4. The van der Waals surface area contributed by atoms with Crippen molar-refractivity contribution in [1.82, 2.24) is 10.2 Å². The first-order valence-electron chi connectivity index (χ1n) is 7.44. The Morgan fingerprint density at radius 1 is 1.08 bits per heavy atom. The van der Waals surface area contributed by atoms with Crippen LogP contribution in [0.5, 0.6) is 0 Å². The van der Waals surface area contributed by atoms with E-state index in [4.69, 9.17) is 15.4 Å². The summed E-state index contributed by atoms with van der Waals surface area (Å²) in [4.78, 5) is 0. The molecule has 0 saturated heterocycles. The molecule has 134 valence electrons. The molecule has 3 rings (SSSR count). The molecule has 0 radical (unpaired) electrons. The van der Waals surface area contributed by atoms with Crippen molar-refractivity contribution in [1.29, 1.82) is 0 Å². The van der Waals surface area contributed by atoms with Gasteiger partial charge in [-0.1, -0.05) is 35.5 Å². The highest BCUT2D eigenvalue weighted by Crippen LogP contribution is 2.30. The largest absolute Gasteiger partial charge is 0.416 e. The monoisotopic (exact) mass is 362 g/mol. The molecule has 0 fully saturated rings. The Morgan fingerprint density at radius 3 is 2.42 bits per heavy atom. The molecule has 0 spiro atoms. The number of nitrogens with two attached hydrogens (primary N) is 1. The molecule has 1 aromatic heterocycles. The Kier molecular flexibility index (Phi) is 4.61. The van der Waals surface area contributed by atoms with Crippen molar-refractivity contribution in [2.24, 2.45) is 10.9 Å². The third kappa shape index (κ3) is 3.66. The van der Waals surface area contributed by atoms with Crippen molar-refractivity contribution in [2.45, 2.75) is 12.6 Å². The van der Waals surface area contributed by atoms with E-state index in [2.05, 4.69) is 15.4 Å². The average molecular weight is 362 g/mol. The number of alkyl halides is 3. The molecule has 0 atom stereocenters. The standard InChI is InChI=1S/C17H13F3N4O2/c18-17(19,20)12-7-5-10(6-8-12)9-11-3-1-2-4-13(11)15-22-23-16(26-15)14(21)24-25/h1-8,25H,9H2,(H2,21,24).